The first kappa shape index (κ1) is 12.8. The van der Waals surface area contributed by atoms with Crippen molar-refractivity contribution in [2.24, 2.45) is 15.9 Å². The lowest BCUT2D eigenvalue weighted by Gasteiger charge is -2.04. The van der Waals surface area contributed by atoms with E-state index in [0.717, 1.165) is 18.4 Å². The van der Waals surface area contributed by atoms with Gasteiger partial charge in [-0.2, -0.15) is 0 Å². The summed E-state index contributed by atoms with van der Waals surface area (Å²) in [5.41, 5.74) is 6.43. The van der Waals surface area contributed by atoms with Gasteiger partial charge in [-0.05, 0) is 30.5 Å². The third-order valence-electron chi connectivity index (χ3n) is 2.59. The van der Waals surface area contributed by atoms with Gasteiger partial charge < -0.3 is 11.1 Å². The van der Waals surface area contributed by atoms with Crippen LogP contribution in [0.15, 0.2) is 34.2 Å². The van der Waals surface area contributed by atoms with Crippen LogP contribution in [0.25, 0.3) is 0 Å². The third-order valence-corrected chi connectivity index (χ3v) is 3.50. The van der Waals surface area contributed by atoms with Crippen molar-refractivity contribution in [2.45, 2.75) is 30.3 Å². The highest BCUT2D eigenvalue weighted by atomic mass is 32.2. The van der Waals surface area contributed by atoms with Crippen LogP contribution in [0.2, 0.25) is 0 Å². The fourth-order valence-corrected chi connectivity index (χ4v) is 2.06. The van der Waals surface area contributed by atoms with Gasteiger partial charge in [0.05, 0.1) is 11.4 Å². The van der Waals surface area contributed by atoms with E-state index in [0.29, 0.717) is 18.5 Å². The van der Waals surface area contributed by atoms with Crippen molar-refractivity contribution in [1.29, 1.82) is 0 Å². The van der Waals surface area contributed by atoms with Gasteiger partial charge in [0, 0.05) is 6.04 Å². The monoisotopic (exact) mass is 268 g/mol. The minimum atomic E-state index is -3.67. The van der Waals surface area contributed by atoms with Crippen LogP contribution in [0, 0.1) is 0 Å². The minimum absolute atomic E-state index is 0.0870. The summed E-state index contributed by atoms with van der Waals surface area (Å²) >= 11 is 0. The Labute approximate surface area is 106 Å². The zero-order valence-corrected chi connectivity index (χ0v) is 10.7. The Hall–Kier alpha value is -1.60. The molecule has 0 heterocycles. The topological polar surface area (TPSA) is 111 Å². The van der Waals surface area contributed by atoms with Crippen molar-refractivity contribution in [1.82, 2.24) is 5.32 Å². The Balaban J connectivity index is 2.05. The molecular formula is C11H16N4O2S. The molecule has 0 bridgehead atoms. The van der Waals surface area contributed by atoms with E-state index in [1.54, 1.807) is 12.1 Å². The first-order chi connectivity index (χ1) is 8.45. The third kappa shape index (κ3) is 3.71. The quantitative estimate of drug-likeness (QED) is 0.523. The summed E-state index contributed by atoms with van der Waals surface area (Å²) < 4.78 is 22.4. The number of nitrogens with one attached hydrogen (secondary N) is 1. The van der Waals surface area contributed by atoms with Crippen molar-refractivity contribution in [2.75, 3.05) is 0 Å². The van der Waals surface area contributed by atoms with Crippen LogP contribution in [0.3, 0.4) is 0 Å². The number of rotatable bonds is 4. The molecule has 1 aromatic rings. The normalized spacial score (nSPS) is 16.6. The van der Waals surface area contributed by atoms with Gasteiger partial charge in [-0.3, -0.25) is 0 Å². The Bertz CT molecular complexity index is 564. The van der Waals surface area contributed by atoms with E-state index in [-0.39, 0.29) is 4.90 Å². The van der Waals surface area contributed by atoms with Crippen molar-refractivity contribution in [3.05, 3.63) is 29.8 Å². The molecule has 1 fully saturated rings. The van der Waals surface area contributed by atoms with Crippen LogP contribution < -0.4 is 16.2 Å². The molecule has 0 amide bonds. The number of benzene rings is 1. The molecule has 0 atom stereocenters. The molecule has 2 rings (SSSR count). The van der Waals surface area contributed by atoms with Crippen molar-refractivity contribution < 1.29 is 8.42 Å². The summed E-state index contributed by atoms with van der Waals surface area (Å²) in [6, 6.07) is 6.82. The van der Waals surface area contributed by atoms with Gasteiger partial charge in [-0.25, -0.2) is 18.5 Å². The maximum absolute atomic E-state index is 11.2. The number of nitrogens with two attached hydrogens (primary N) is 2. The molecule has 0 spiro atoms. The van der Waals surface area contributed by atoms with E-state index < -0.39 is 10.0 Å². The molecule has 1 saturated carbocycles. The van der Waals surface area contributed by atoms with Crippen LogP contribution in [-0.2, 0) is 16.6 Å². The van der Waals surface area contributed by atoms with Gasteiger partial charge in [0.25, 0.3) is 0 Å². The fraction of sp³-hybridized carbons (Fsp3) is 0.364. The summed E-state index contributed by atoms with van der Waals surface area (Å²) in [6.07, 6.45) is 2.24. The largest absolute Gasteiger partial charge is 0.370 e. The molecule has 0 saturated heterocycles. The number of aliphatic imine (C=N–C) groups is 1. The molecule has 18 heavy (non-hydrogen) atoms. The maximum atomic E-state index is 11.2. The van der Waals surface area contributed by atoms with Crippen LogP contribution in [0.4, 0.5) is 0 Å². The standard InChI is InChI=1S/C11H16N4O2S/c12-11(15-9-4-5-9)14-7-8-2-1-3-10(6-8)18(13,16)17/h1-3,6,9H,4-5,7H2,(H3,12,14,15)(H2,13,16,17). The molecule has 1 aliphatic rings. The van der Waals surface area contributed by atoms with Crippen molar-refractivity contribution >= 4 is 16.0 Å². The molecule has 5 N–H and O–H groups in total. The Morgan fingerprint density at radius 3 is 2.78 bits per heavy atom. The molecule has 0 unspecified atom stereocenters. The summed E-state index contributed by atoms with van der Waals surface area (Å²) in [4.78, 5) is 4.23. The SMILES string of the molecule is NC(=NCc1cccc(S(N)(=O)=O)c1)NC1CC1. The van der Waals surface area contributed by atoms with E-state index in [1.165, 1.54) is 12.1 Å². The predicted octanol–water partition coefficient (Wildman–Crippen LogP) is -0.0993. The van der Waals surface area contributed by atoms with Gasteiger partial charge >= 0.3 is 0 Å². The summed E-state index contributed by atoms with van der Waals surface area (Å²) in [6.45, 7) is 0.328. The minimum Gasteiger partial charge on any atom is -0.370 e. The van der Waals surface area contributed by atoms with Crippen LogP contribution in [0.1, 0.15) is 18.4 Å². The molecule has 0 aromatic heterocycles. The van der Waals surface area contributed by atoms with Crippen molar-refractivity contribution in [3.63, 3.8) is 0 Å². The first-order valence-electron chi connectivity index (χ1n) is 5.63. The number of guanidine groups is 1. The smallest absolute Gasteiger partial charge is 0.238 e. The summed E-state index contributed by atoms with van der Waals surface area (Å²) in [5, 5.41) is 8.11. The van der Waals surface area contributed by atoms with E-state index >= 15 is 0 Å². The van der Waals surface area contributed by atoms with Crippen LogP contribution in [-0.4, -0.2) is 20.4 Å². The van der Waals surface area contributed by atoms with E-state index in [9.17, 15) is 8.42 Å². The highest BCUT2D eigenvalue weighted by molar-refractivity contribution is 7.89. The molecule has 0 radical (unpaired) electrons. The number of nitrogens with zero attached hydrogens (tertiary/aromatic N) is 1. The second-order valence-corrected chi connectivity index (χ2v) is 5.87. The summed E-state index contributed by atoms with van der Waals surface area (Å²) in [7, 11) is -3.67. The molecule has 1 aromatic carbocycles. The molecular weight excluding hydrogens is 252 g/mol. The van der Waals surface area contributed by atoms with Gasteiger partial charge in [0.1, 0.15) is 0 Å². The number of hydrogen-bond acceptors (Lipinski definition) is 3. The lowest BCUT2D eigenvalue weighted by atomic mass is 10.2. The number of sulfonamides is 1. The average molecular weight is 268 g/mol. The maximum Gasteiger partial charge on any atom is 0.238 e. The Morgan fingerprint density at radius 1 is 1.44 bits per heavy atom. The fourth-order valence-electron chi connectivity index (χ4n) is 1.48. The number of primary sulfonamides is 1. The molecule has 6 nitrogen and oxygen atoms in total. The molecule has 0 aliphatic heterocycles. The molecule has 1 aliphatic carbocycles. The zero-order chi connectivity index (χ0) is 13.2. The van der Waals surface area contributed by atoms with Gasteiger partial charge in [0.2, 0.25) is 10.0 Å². The summed E-state index contributed by atoms with van der Waals surface area (Å²) in [5.74, 6) is 0.388. The Morgan fingerprint density at radius 2 is 2.17 bits per heavy atom. The second kappa shape index (κ2) is 4.95. The van der Waals surface area contributed by atoms with Gasteiger partial charge in [0.15, 0.2) is 5.96 Å². The van der Waals surface area contributed by atoms with Crippen LogP contribution in [0.5, 0.6) is 0 Å². The van der Waals surface area contributed by atoms with Crippen molar-refractivity contribution in [3.8, 4) is 0 Å². The highest BCUT2D eigenvalue weighted by Gasteiger charge is 2.21. The number of hydrogen-bond donors (Lipinski definition) is 3. The van der Waals surface area contributed by atoms with Gasteiger partial charge in [-0.15, -0.1) is 0 Å². The molecule has 7 heteroatoms. The predicted molar refractivity (Wildman–Crippen MR) is 69.3 cm³/mol. The Kier molecular flexibility index (Phi) is 3.53. The lowest BCUT2D eigenvalue weighted by Crippen LogP contribution is -2.33. The lowest BCUT2D eigenvalue weighted by molar-refractivity contribution is 0.597. The van der Waals surface area contributed by atoms with E-state index in [2.05, 4.69) is 10.3 Å². The first-order valence-corrected chi connectivity index (χ1v) is 7.18. The van der Waals surface area contributed by atoms with E-state index in [1.807, 2.05) is 0 Å². The zero-order valence-electron chi connectivity index (χ0n) is 9.83. The van der Waals surface area contributed by atoms with Gasteiger partial charge in [-0.1, -0.05) is 12.1 Å². The molecule has 98 valence electrons. The van der Waals surface area contributed by atoms with Crippen LogP contribution >= 0.6 is 0 Å². The second-order valence-electron chi connectivity index (χ2n) is 4.31. The van der Waals surface area contributed by atoms with E-state index in [4.69, 9.17) is 10.9 Å². The highest BCUT2D eigenvalue weighted by Crippen LogP contribution is 2.18. The average Bonchev–Trinajstić information content (AvgIpc) is 3.10.